The summed E-state index contributed by atoms with van der Waals surface area (Å²) in [6.45, 7) is 6.41. The summed E-state index contributed by atoms with van der Waals surface area (Å²) in [6, 6.07) is 0. The molecule has 1 N–H and O–H groups in total. The van der Waals surface area contributed by atoms with Crippen molar-refractivity contribution in [3.63, 3.8) is 0 Å². The third-order valence-electron chi connectivity index (χ3n) is 4.89. The Balaban J connectivity index is 2.06. The monoisotopic (exact) mass is 381 g/mol. The van der Waals surface area contributed by atoms with Crippen LogP contribution in [-0.2, 0) is 14.3 Å². The number of allylic oxidation sites excluding steroid dienone is 3. The smallest absolute Gasteiger partial charge is 0.336 e. The molecule has 0 aromatic heterocycles. The van der Waals surface area contributed by atoms with Crippen LogP contribution in [0.15, 0.2) is 22.5 Å². The molecule has 1 aliphatic heterocycles. The van der Waals surface area contributed by atoms with Gasteiger partial charge in [-0.1, -0.05) is 29.8 Å². The summed E-state index contributed by atoms with van der Waals surface area (Å²) in [4.78, 5) is 25.4. The van der Waals surface area contributed by atoms with Gasteiger partial charge in [0, 0.05) is 34.6 Å². The summed E-state index contributed by atoms with van der Waals surface area (Å²) in [7, 11) is 0. The third kappa shape index (κ3) is 3.12. The molecule has 1 atom stereocenters. The van der Waals surface area contributed by atoms with Gasteiger partial charge < -0.3 is 10.1 Å². The molecule has 3 rings (SSSR count). The van der Waals surface area contributed by atoms with Crippen molar-refractivity contribution in [2.75, 3.05) is 11.9 Å². The average molecular weight is 382 g/mol. The lowest BCUT2D eigenvalue weighted by Gasteiger charge is -2.39. The number of alkyl halides is 1. The molecule has 0 aromatic carbocycles. The molecule has 2 aliphatic carbocycles. The van der Waals surface area contributed by atoms with Gasteiger partial charge in [-0.15, -0.1) is 0 Å². The molecule has 1 saturated carbocycles. The number of rotatable bonds is 4. The largest absolute Gasteiger partial charge is 0.463 e. The molecule has 5 heteroatoms. The quantitative estimate of drug-likeness (QED) is 0.598. The number of esters is 1. The zero-order valence-corrected chi connectivity index (χ0v) is 15.6. The second-order valence-corrected chi connectivity index (χ2v) is 8.08. The highest BCUT2D eigenvalue weighted by molar-refractivity contribution is 9.09. The molecule has 0 radical (unpaired) electrons. The van der Waals surface area contributed by atoms with Crippen LogP contribution in [-0.4, -0.2) is 23.7 Å². The minimum absolute atomic E-state index is 0.0319. The molecule has 4 nitrogen and oxygen atoms in total. The second kappa shape index (κ2) is 6.08. The van der Waals surface area contributed by atoms with Gasteiger partial charge in [0.1, 0.15) is 0 Å². The first-order chi connectivity index (χ1) is 10.9. The lowest BCUT2D eigenvalue weighted by atomic mass is 9.69. The van der Waals surface area contributed by atoms with Gasteiger partial charge >= 0.3 is 5.97 Å². The number of Topliss-reactive ketones (excluding diaryl/α,β-unsaturated/α-hetero) is 1. The number of carbonyl (C=O) groups excluding carboxylic acids is 2. The number of ketones is 1. The summed E-state index contributed by atoms with van der Waals surface area (Å²) in [5.41, 5.74) is 3.36. The first-order valence-electron chi connectivity index (χ1n) is 8.37. The highest BCUT2D eigenvalue weighted by Crippen LogP contribution is 2.51. The van der Waals surface area contributed by atoms with Crippen LogP contribution in [0.2, 0.25) is 0 Å². The predicted octanol–water partition coefficient (Wildman–Crippen LogP) is 3.47. The summed E-state index contributed by atoms with van der Waals surface area (Å²) in [6.07, 6.45) is 3.56. The van der Waals surface area contributed by atoms with E-state index in [0.29, 0.717) is 29.8 Å². The Morgan fingerprint density at radius 1 is 1.35 bits per heavy atom. The van der Waals surface area contributed by atoms with Crippen LogP contribution < -0.4 is 5.32 Å². The third-order valence-corrected chi connectivity index (χ3v) is 5.45. The summed E-state index contributed by atoms with van der Waals surface area (Å²) in [5.74, 6) is 0.230. The van der Waals surface area contributed by atoms with E-state index in [2.05, 4.69) is 35.1 Å². The Bertz CT molecular complexity index is 614. The van der Waals surface area contributed by atoms with Crippen molar-refractivity contribution >= 4 is 27.7 Å². The van der Waals surface area contributed by atoms with Crippen LogP contribution in [0.4, 0.5) is 0 Å². The van der Waals surface area contributed by atoms with Gasteiger partial charge in [0.05, 0.1) is 12.2 Å². The van der Waals surface area contributed by atoms with Crippen LogP contribution in [0, 0.1) is 17.3 Å². The standard InChI is InChI=1S/C18H24BrNO3/c1-4-23-17(22)16-12(9-19)20-11-7-18(2,3)8-13(21)15(11)14(16)10-5-6-10/h10,14,20H,4-9H2,1-3H3. The second-order valence-electron chi connectivity index (χ2n) is 7.52. The molecular formula is C18H24BrNO3. The fraction of sp³-hybridized carbons (Fsp3) is 0.667. The Morgan fingerprint density at radius 2 is 2.04 bits per heavy atom. The van der Waals surface area contributed by atoms with E-state index >= 15 is 0 Å². The van der Waals surface area contributed by atoms with Gasteiger partial charge in [-0.2, -0.15) is 0 Å². The van der Waals surface area contributed by atoms with Crippen molar-refractivity contribution in [3.8, 4) is 0 Å². The maximum Gasteiger partial charge on any atom is 0.336 e. The highest BCUT2D eigenvalue weighted by Gasteiger charge is 2.48. The lowest BCUT2D eigenvalue weighted by Crippen LogP contribution is -2.41. The molecule has 1 fully saturated rings. The normalized spacial score (nSPS) is 26.8. The fourth-order valence-corrected chi connectivity index (χ4v) is 4.30. The zero-order chi connectivity index (χ0) is 16.8. The average Bonchev–Trinajstić information content (AvgIpc) is 3.28. The fourth-order valence-electron chi connectivity index (χ4n) is 3.85. The van der Waals surface area contributed by atoms with Crippen molar-refractivity contribution in [2.45, 2.75) is 46.5 Å². The molecule has 0 spiro atoms. The molecule has 0 saturated heterocycles. The van der Waals surface area contributed by atoms with Crippen LogP contribution in [0.25, 0.3) is 0 Å². The number of ether oxygens (including phenoxy) is 1. The SMILES string of the molecule is CCOC(=O)C1=C(CBr)NC2=C(C(=O)CC(C)(C)C2)C1C1CC1. The molecule has 0 aromatic rings. The molecule has 3 aliphatic rings. The number of carbonyl (C=O) groups is 2. The van der Waals surface area contributed by atoms with Crippen LogP contribution in [0.3, 0.4) is 0 Å². The van der Waals surface area contributed by atoms with Gasteiger partial charge in [0.25, 0.3) is 0 Å². The molecular weight excluding hydrogens is 358 g/mol. The van der Waals surface area contributed by atoms with Gasteiger partial charge in [-0.3, -0.25) is 4.79 Å². The minimum Gasteiger partial charge on any atom is -0.463 e. The predicted molar refractivity (Wildman–Crippen MR) is 91.9 cm³/mol. The number of dihydropyridines is 1. The highest BCUT2D eigenvalue weighted by atomic mass is 79.9. The summed E-state index contributed by atoms with van der Waals surface area (Å²) < 4.78 is 5.29. The number of nitrogens with one attached hydrogen (secondary N) is 1. The maximum absolute atomic E-state index is 12.8. The Hall–Kier alpha value is -1.10. The summed E-state index contributed by atoms with van der Waals surface area (Å²) >= 11 is 3.49. The van der Waals surface area contributed by atoms with Crippen LogP contribution >= 0.6 is 15.9 Å². The molecule has 23 heavy (non-hydrogen) atoms. The van der Waals surface area contributed by atoms with Crippen LogP contribution in [0.1, 0.15) is 46.5 Å². The molecule has 1 unspecified atom stereocenters. The van der Waals surface area contributed by atoms with E-state index in [9.17, 15) is 9.59 Å². The van der Waals surface area contributed by atoms with E-state index in [1.807, 2.05) is 6.92 Å². The van der Waals surface area contributed by atoms with E-state index in [-0.39, 0.29) is 23.1 Å². The van der Waals surface area contributed by atoms with E-state index in [0.717, 1.165) is 36.2 Å². The maximum atomic E-state index is 12.8. The first-order valence-corrected chi connectivity index (χ1v) is 9.49. The zero-order valence-electron chi connectivity index (χ0n) is 14.0. The van der Waals surface area contributed by atoms with Crippen molar-refractivity contribution < 1.29 is 14.3 Å². The Kier molecular flexibility index (Phi) is 4.43. The van der Waals surface area contributed by atoms with Crippen molar-refractivity contribution in [2.24, 2.45) is 17.3 Å². The molecule has 0 bridgehead atoms. The summed E-state index contributed by atoms with van der Waals surface area (Å²) in [5, 5.41) is 3.95. The first kappa shape index (κ1) is 16.7. The van der Waals surface area contributed by atoms with Crippen molar-refractivity contribution in [1.29, 1.82) is 0 Å². The Morgan fingerprint density at radius 3 is 2.61 bits per heavy atom. The van der Waals surface area contributed by atoms with Crippen LogP contribution in [0.5, 0.6) is 0 Å². The van der Waals surface area contributed by atoms with Crippen molar-refractivity contribution in [1.82, 2.24) is 5.32 Å². The van der Waals surface area contributed by atoms with Gasteiger partial charge in [-0.05, 0) is 37.5 Å². The Labute approximate surface area is 145 Å². The van der Waals surface area contributed by atoms with Gasteiger partial charge in [-0.25, -0.2) is 4.79 Å². The van der Waals surface area contributed by atoms with Gasteiger partial charge in [0.15, 0.2) is 5.78 Å². The number of hydrogen-bond acceptors (Lipinski definition) is 4. The topological polar surface area (TPSA) is 55.4 Å². The number of hydrogen-bond donors (Lipinski definition) is 1. The van der Waals surface area contributed by atoms with Crippen molar-refractivity contribution in [3.05, 3.63) is 22.5 Å². The molecule has 0 amide bonds. The van der Waals surface area contributed by atoms with E-state index in [1.54, 1.807) is 0 Å². The van der Waals surface area contributed by atoms with E-state index in [1.165, 1.54) is 0 Å². The molecule has 1 heterocycles. The number of halogens is 1. The van der Waals surface area contributed by atoms with E-state index in [4.69, 9.17) is 4.74 Å². The van der Waals surface area contributed by atoms with Gasteiger partial charge in [0.2, 0.25) is 0 Å². The lowest BCUT2D eigenvalue weighted by molar-refractivity contribution is -0.139. The minimum atomic E-state index is -0.282. The molecule has 126 valence electrons. The van der Waals surface area contributed by atoms with E-state index < -0.39 is 0 Å².